The van der Waals surface area contributed by atoms with E-state index in [-0.39, 0.29) is 5.56 Å². The van der Waals surface area contributed by atoms with Crippen LogP contribution in [0.5, 0.6) is 0 Å². The lowest BCUT2D eigenvalue weighted by atomic mass is 10.1. The highest BCUT2D eigenvalue weighted by Crippen LogP contribution is 2.31. The second kappa shape index (κ2) is 7.85. The maximum Gasteiger partial charge on any atom is 0.262 e. The molecule has 0 unspecified atom stereocenters. The first-order valence-corrected chi connectivity index (χ1v) is 11.1. The van der Waals surface area contributed by atoms with Crippen LogP contribution in [0.3, 0.4) is 0 Å². The fourth-order valence-corrected chi connectivity index (χ4v) is 5.55. The fraction of sp³-hybridized carbons (Fsp3) is 0.476. The Morgan fingerprint density at radius 1 is 1.07 bits per heavy atom. The van der Waals surface area contributed by atoms with E-state index in [1.807, 2.05) is 18.3 Å². The van der Waals surface area contributed by atoms with Gasteiger partial charge in [0.1, 0.15) is 10.6 Å². The van der Waals surface area contributed by atoms with E-state index in [1.54, 1.807) is 22.2 Å². The summed E-state index contributed by atoms with van der Waals surface area (Å²) in [6.07, 6.45) is 4.53. The Morgan fingerprint density at radius 3 is 2.72 bits per heavy atom. The lowest BCUT2D eigenvalue weighted by molar-refractivity contribution is 0.246. The lowest BCUT2D eigenvalue weighted by Crippen LogP contribution is -2.47. The molecule has 1 fully saturated rings. The van der Waals surface area contributed by atoms with Crippen molar-refractivity contribution in [2.24, 2.45) is 0 Å². The Hall–Kier alpha value is -2.29. The monoisotopic (exact) mass is 410 g/mol. The molecular formula is C21H26N6OS. The predicted molar refractivity (Wildman–Crippen MR) is 117 cm³/mol. The minimum Gasteiger partial charge on any atom is -0.354 e. The minimum atomic E-state index is 0.129. The third-order valence-electron chi connectivity index (χ3n) is 6.02. The first-order chi connectivity index (χ1) is 14.2. The minimum absolute atomic E-state index is 0.129. The summed E-state index contributed by atoms with van der Waals surface area (Å²) in [6.45, 7) is 7.41. The first-order valence-electron chi connectivity index (χ1n) is 10.3. The largest absolute Gasteiger partial charge is 0.354 e. The van der Waals surface area contributed by atoms with Crippen LogP contribution in [0.15, 0.2) is 35.5 Å². The maximum atomic E-state index is 13.1. The van der Waals surface area contributed by atoms with Crippen molar-refractivity contribution < 1.29 is 0 Å². The molecule has 8 heteroatoms. The Kier molecular flexibility index (Phi) is 5.07. The standard InChI is InChI=1S/C21H26N6OS/c1-24-7-5-16-17(14-24)29-20-19(16)21(28)27(15-23-20)13-10-25-8-11-26(12-9-25)18-4-2-3-6-22-18/h2-4,6,15H,5,7-14H2,1H3. The molecule has 2 aliphatic heterocycles. The van der Waals surface area contributed by atoms with Crippen molar-refractivity contribution in [3.8, 4) is 0 Å². The first kappa shape index (κ1) is 18.7. The van der Waals surface area contributed by atoms with E-state index in [0.29, 0.717) is 6.54 Å². The van der Waals surface area contributed by atoms with Gasteiger partial charge in [-0.25, -0.2) is 9.97 Å². The SMILES string of the molecule is CN1CCc2c(sc3ncn(CCN4CCN(c5ccccn5)CC4)c(=O)c23)C1. The molecule has 0 aliphatic carbocycles. The molecule has 0 aromatic carbocycles. The van der Waals surface area contributed by atoms with Crippen LogP contribution in [-0.4, -0.2) is 70.7 Å². The smallest absolute Gasteiger partial charge is 0.262 e. The highest BCUT2D eigenvalue weighted by Gasteiger charge is 2.22. The Labute approximate surface area is 174 Å². The Bertz CT molecular complexity index is 1050. The van der Waals surface area contributed by atoms with Crippen molar-refractivity contribution >= 4 is 27.4 Å². The molecular weight excluding hydrogens is 384 g/mol. The summed E-state index contributed by atoms with van der Waals surface area (Å²) in [4.78, 5) is 31.5. The van der Waals surface area contributed by atoms with Crippen molar-refractivity contribution in [2.45, 2.75) is 19.5 Å². The van der Waals surface area contributed by atoms with Crippen LogP contribution in [-0.2, 0) is 19.5 Å². The summed E-state index contributed by atoms with van der Waals surface area (Å²) < 4.78 is 1.80. The number of thiophene rings is 1. The number of fused-ring (bicyclic) bond motifs is 3. The summed E-state index contributed by atoms with van der Waals surface area (Å²) in [5, 5.41) is 0.862. The van der Waals surface area contributed by atoms with Crippen LogP contribution < -0.4 is 10.5 Å². The van der Waals surface area contributed by atoms with Crippen molar-refractivity contribution in [1.82, 2.24) is 24.3 Å². The molecule has 0 atom stereocenters. The van der Waals surface area contributed by atoms with Gasteiger partial charge < -0.3 is 9.80 Å². The second-order valence-corrected chi connectivity index (χ2v) is 9.02. The number of rotatable bonds is 4. The van der Waals surface area contributed by atoms with E-state index in [0.717, 1.165) is 68.3 Å². The van der Waals surface area contributed by atoms with Gasteiger partial charge in [0.15, 0.2) is 0 Å². The summed E-state index contributed by atoms with van der Waals surface area (Å²) in [6, 6.07) is 6.05. The van der Waals surface area contributed by atoms with Gasteiger partial charge in [0.25, 0.3) is 5.56 Å². The van der Waals surface area contributed by atoms with Crippen molar-refractivity contribution in [3.63, 3.8) is 0 Å². The zero-order valence-electron chi connectivity index (χ0n) is 16.8. The molecule has 5 rings (SSSR count). The third-order valence-corrected chi connectivity index (χ3v) is 7.15. The maximum absolute atomic E-state index is 13.1. The zero-order chi connectivity index (χ0) is 19.8. The molecule has 0 amide bonds. The molecule has 0 spiro atoms. The molecule has 29 heavy (non-hydrogen) atoms. The van der Waals surface area contributed by atoms with Gasteiger partial charge in [0, 0.05) is 63.4 Å². The number of aromatic nitrogens is 3. The molecule has 5 heterocycles. The van der Waals surface area contributed by atoms with Gasteiger partial charge in [0.05, 0.1) is 11.7 Å². The van der Waals surface area contributed by atoms with E-state index < -0.39 is 0 Å². The normalized spacial score (nSPS) is 18.3. The van der Waals surface area contributed by atoms with Gasteiger partial charge in [-0.05, 0) is 31.2 Å². The predicted octanol–water partition coefficient (Wildman–Crippen LogP) is 1.66. The van der Waals surface area contributed by atoms with Gasteiger partial charge in [-0.1, -0.05) is 6.07 Å². The van der Waals surface area contributed by atoms with E-state index in [1.165, 1.54) is 10.4 Å². The Morgan fingerprint density at radius 2 is 1.93 bits per heavy atom. The molecule has 1 saturated heterocycles. The molecule has 2 aliphatic rings. The average molecular weight is 411 g/mol. The highest BCUT2D eigenvalue weighted by atomic mass is 32.1. The molecule has 3 aromatic rings. The van der Waals surface area contributed by atoms with Gasteiger partial charge in [-0.2, -0.15) is 0 Å². The van der Waals surface area contributed by atoms with Gasteiger partial charge in [0.2, 0.25) is 0 Å². The van der Waals surface area contributed by atoms with Gasteiger partial charge >= 0.3 is 0 Å². The summed E-state index contributed by atoms with van der Waals surface area (Å²) >= 11 is 1.68. The van der Waals surface area contributed by atoms with E-state index >= 15 is 0 Å². The van der Waals surface area contributed by atoms with Crippen LogP contribution in [0.2, 0.25) is 0 Å². The number of nitrogens with zero attached hydrogens (tertiary/aromatic N) is 6. The number of piperazine rings is 1. The summed E-state index contributed by atoms with van der Waals surface area (Å²) in [5.41, 5.74) is 1.36. The van der Waals surface area contributed by atoms with Crippen LogP contribution in [0, 0.1) is 0 Å². The zero-order valence-corrected chi connectivity index (χ0v) is 17.6. The van der Waals surface area contributed by atoms with Gasteiger partial charge in [-0.3, -0.25) is 14.3 Å². The number of hydrogen-bond donors (Lipinski definition) is 0. The average Bonchev–Trinajstić information content (AvgIpc) is 3.12. The molecule has 7 nitrogen and oxygen atoms in total. The molecule has 0 N–H and O–H groups in total. The molecule has 3 aromatic heterocycles. The molecule has 0 radical (unpaired) electrons. The van der Waals surface area contributed by atoms with Crippen molar-refractivity contribution in [3.05, 3.63) is 51.5 Å². The van der Waals surface area contributed by atoms with Crippen molar-refractivity contribution in [2.75, 3.05) is 51.2 Å². The van der Waals surface area contributed by atoms with E-state index in [4.69, 9.17) is 0 Å². The molecule has 152 valence electrons. The summed E-state index contributed by atoms with van der Waals surface area (Å²) in [7, 11) is 2.13. The molecule has 0 bridgehead atoms. The summed E-state index contributed by atoms with van der Waals surface area (Å²) in [5.74, 6) is 1.05. The second-order valence-electron chi connectivity index (χ2n) is 7.93. The van der Waals surface area contributed by atoms with Crippen LogP contribution in [0.25, 0.3) is 10.2 Å². The van der Waals surface area contributed by atoms with Crippen LogP contribution >= 0.6 is 11.3 Å². The van der Waals surface area contributed by atoms with Crippen LogP contribution in [0.1, 0.15) is 10.4 Å². The van der Waals surface area contributed by atoms with Crippen molar-refractivity contribution in [1.29, 1.82) is 0 Å². The highest BCUT2D eigenvalue weighted by molar-refractivity contribution is 7.18. The quantitative estimate of drug-likeness (QED) is 0.652. The van der Waals surface area contributed by atoms with Crippen LogP contribution in [0.4, 0.5) is 5.82 Å². The lowest BCUT2D eigenvalue weighted by Gasteiger charge is -2.35. The molecule has 0 saturated carbocycles. The Balaban J connectivity index is 1.26. The number of hydrogen-bond acceptors (Lipinski definition) is 7. The third kappa shape index (κ3) is 3.68. The fourth-order valence-electron chi connectivity index (χ4n) is 4.30. The number of anilines is 1. The topological polar surface area (TPSA) is 57.5 Å². The van der Waals surface area contributed by atoms with Gasteiger partial charge in [-0.15, -0.1) is 11.3 Å². The van der Waals surface area contributed by atoms with E-state index in [2.05, 4.69) is 37.8 Å². The number of likely N-dealkylation sites (N-methyl/N-ethyl adjacent to an activating group) is 1. The van der Waals surface area contributed by atoms with E-state index in [9.17, 15) is 4.79 Å². The number of pyridine rings is 1.